The lowest BCUT2D eigenvalue weighted by atomic mass is 9.77. The Labute approximate surface area is 137 Å². The number of carboxylic acid groups (broad SMARTS) is 1. The molecule has 2 N–H and O–H groups in total. The number of aliphatic hydroxyl groups is 1. The first-order valence-corrected chi connectivity index (χ1v) is 7.58. The van der Waals surface area contributed by atoms with Crippen LogP contribution in [0.4, 0.5) is 0 Å². The van der Waals surface area contributed by atoms with Crippen molar-refractivity contribution in [1.29, 1.82) is 0 Å². The second-order valence-corrected chi connectivity index (χ2v) is 6.85. The molecule has 1 heterocycles. The Morgan fingerprint density at radius 1 is 1.22 bits per heavy atom. The van der Waals surface area contributed by atoms with E-state index in [1.54, 1.807) is 25.1 Å². The second-order valence-electron chi connectivity index (χ2n) is 6.85. The Morgan fingerprint density at radius 3 is 2.26 bits per heavy atom. The van der Waals surface area contributed by atoms with Crippen molar-refractivity contribution < 1.29 is 24.3 Å². The summed E-state index contributed by atoms with van der Waals surface area (Å²) in [5.41, 5.74) is 1.19. The van der Waals surface area contributed by atoms with E-state index in [0.29, 0.717) is 16.6 Å². The average molecular weight is 318 g/mol. The predicted octanol–water partition coefficient (Wildman–Crippen LogP) is 2.70. The van der Waals surface area contributed by atoms with E-state index in [0.717, 1.165) is 0 Å². The number of aliphatic hydroxyl groups excluding tert-OH is 1. The quantitative estimate of drug-likeness (QED) is 0.835. The zero-order valence-electron chi connectivity index (χ0n) is 14.2. The molecule has 5 nitrogen and oxygen atoms in total. The highest BCUT2D eigenvalue weighted by atomic mass is 16.7. The molecule has 0 spiro atoms. The molecule has 124 valence electrons. The van der Waals surface area contributed by atoms with Crippen molar-refractivity contribution >= 4 is 19.2 Å². The van der Waals surface area contributed by atoms with Crippen LogP contribution in [-0.2, 0) is 9.31 Å². The standard InChI is InChI=1S/C17H23BO5/c1-11-6-7-12(9-14(11)15(20)21)8-13(10-19)18-22-16(2,3)17(4,5)23-18/h6-9,19H,10H2,1-5H3,(H,20,21). The van der Waals surface area contributed by atoms with Crippen molar-refractivity contribution in [3.05, 3.63) is 40.4 Å². The molecule has 0 atom stereocenters. The maximum Gasteiger partial charge on any atom is 0.492 e. The summed E-state index contributed by atoms with van der Waals surface area (Å²) < 4.78 is 11.8. The molecule has 2 rings (SSSR count). The van der Waals surface area contributed by atoms with Crippen LogP contribution in [0.5, 0.6) is 0 Å². The molecule has 6 heteroatoms. The maximum absolute atomic E-state index is 11.2. The van der Waals surface area contributed by atoms with Gasteiger partial charge in [-0.2, -0.15) is 0 Å². The summed E-state index contributed by atoms with van der Waals surface area (Å²) in [5.74, 6) is -0.973. The molecule has 23 heavy (non-hydrogen) atoms. The van der Waals surface area contributed by atoms with Gasteiger partial charge in [-0.1, -0.05) is 18.2 Å². The van der Waals surface area contributed by atoms with Crippen molar-refractivity contribution in [3.63, 3.8) is 0 Å². The van der Waals surface area contributed by atoms with Gasteiger partial charge < -0.3 is 19.5 Å². The molecule has 1 aliphatic heterocycles. The molecule has 1 aliphatic rings. The summed E-state index contributed by atoms with van der Waals surface area (Å²) in [4.78, 5) is 11.2. The topological polar surface area (TPSA) is 76.0 Å². The van der Waals surface area contributed by atoms with Gasteiger partial charge in [-0.3, -0.25) is 0 Å². The van der Waals surface area contributed by atoms with Crippen molar-refractivity contribution in [2.45, 2.75) is 45.8 Å². The summed E-state index contributed by atoms with van der Waals surface area (Å²) in [6.45, 7) is 9.28. The largest absolute Gasteiger partial charge is 0.492 e. The molecule has 0 saturated carbocycles. The Kier molecular flexibility index (Phi) is 4.71. The Hall–Kier alpha value is -1.63. The van der Waals surface area contributed by atoms with Gasteiger partial charge in [0, 0.05) is 0 Å². The Balaban J connectivity index is 2.34. The fourth-order valence-electron chi connectivity index (χ4n) is 2.36. The third-order valence-corrected chi connectivity index (χ3v) is 4.58. The molecule has 0 bridgehead atoms. The number of carbonyl (C=O) groups is 1. The fraction of sp³-hybridized carbons (Fsp3) is 0.471. The highest BCUT2D eigenvalue weighted by Gasteiger charge is 2.52. The van der Waals surface area contributed by atoms with Gasteiger partial charge in [0.15, 0.2) is 0 Å². The van der Waals surface area contributed by atoms with Crippen molar-refractivity contribution in [2.75, 3.05) is 6.61 Å². The summed E-state index contributed by atoms with van der Waals surface area (Å²) >= 11 is 0. The van der Waals surface area contributed by atoms with E-state index in [9.17, 15) is 15.0 Å². The van der Waals surface area contributed by atoms with E-state index < -0.39 is 24.3 Å². The monoisotopic (exact) mass is 318 g/mol. The molecule has 0 radical (unpaired) electrons. The average Bonchev–Trinajstić information content (AvgIpc) is 2.66. The van der Waals surface area contributed by atoms with Crippen LogP contribution >= 0.6 is 0 Å². The van der Waals surface area contributed by atoms with E-state index in [4.69, 9.17) is 9.31 Å². The lowest BCUT2D eigenvalue weighted by Crippen LogP contribution is -2.41. The van der Waals surface area contributed by atoms with Crippen LogP contribution in [0.3, 0.4) is 0 Å². The molecular weight excluding hydrogens is 295 g/mol. The van der Waals surface area contributed by atoms with Gasteiger partial charge in [0.1, 0.15) is 0 Å². The minimum atomic E-state index is -0.973. The lowest BCUT2D eigenvalue weighted by molar-refractivity contribution is 0.00578. The zero-order valence-corrected chi connectivity index (χ0v) is 14.2. The molecular formula is C17H23BO5. The van der Waals surface area contributed by atoms with Crippen molar-refractivity contribution in [3.8, 4) is 0 Å². The number of benzene rings is 1. The van der Waals surface area contributed by atoms with Crippen LogP contribution in [0, 0.1) is 6.92 Å². The van der Waals surface area contributed by atoms with Gasteiger partial charge in [-0.25, -0.2) is 4.79 Å². The van der Waals surface area contributed by atoms with Crippen LogP contribution in [0.1, 0.15) is 49.2 Å². The molecule has 0 aromatic heterocycles. The van der Waals surface area contributed by atoms with Gasteiger partial charge in [0.25, 0.3) is 0 Å². The summed E-state index contributed by atoms with van der Waals surface area (Å²) in [6, 6.07) is 5.13. The van der Waals surface area contributed by atoms with Crippen LogP contribution in [0.2, 0.25) is 0 Å². The number of carboxylic acids is 1. The molecule has 0 amide bonds. The van der Waals surface area contributed by atoms with E-state index >= 15 is 0 Å². The van der Waals surface area contributed by atoms with Gasteiger partial charge in [0.2, 0.25) is 0 Å². The first kappa shape index (κ1) is 17.7. The third-order valence-electron chi connectivity index (χ3n) is 4.58. The number of rotatable bonds is 4. The normalized spacial score (nSPS) is 19.9. The summed E-state index contributed by atoms with van der Waals surface area (Å²) in [5, 5.41) is 18.9. The number of hydrogen-bond acceptors (Lipinski definition) is 4. The van der Waals surface area contributed by atoms with E-state index in [2.05, 4.69) is 0 Å². The molecule has 1 aromatic rings. The first-order chi connectivity index (χ1) is 10.6. The van der Waals surface area contributed by atoms with Crippen LogP contribution in [0.25, 0.3) is 6.08 Å². The van der Waals surface area contributed by atoms with Crippen molar-refractivity contribution in [1.82, 2.24) is 0 Å². The second kappa shape index (κ2) is 6.11. The summed E-state index contributed by atoms with van der Waals surface area (Å²) in [7, 11) is -0.653. The van der Waals surface area contributed by atoms with E-state index in [1.165, 1.54) is 0 Å². The Morgan fingerprint density at radius 2 is 1.78 bits per heavy atom. The van der Waals surface area contributed by atoms with E-state index in [1.807, 2.05) is 33.8 Å². The highest BCUT2D eigenvalue weighted by Crippen LogP contribution is 2.38. The maximum atomic E-state index is 11.2. The SMILES string of the molecule is Cc1ccc(C=C(CO)B2OC(C)(C)C(C)(C)O2)cc1C(=O)O. The number of aromatic carboxylic acids is 1. The fourth-order valence-corrected chi connectivity index (χ4v) is 2.36. The van der Waals surface area contributed by atoms with Crippen molar-refractivity contribution in [2.24, 2.45) is 0 Å². The van der Waals surface area contributed by atoms with Gasteiger partial charge in [0.05, 0.1) is 23.4 Å². The molecule has 0 aliphatic carbocycles. The van der Waals surface area contributed by atoms with E-state index in [-0.39, 0.29) is 12.2 Å². The minimum absolute atomic E-state index is 0.229. The molecule has 1 aromatic carbocycles. The lowest BCUT2D eigenvalue weighted by Gasteiger charge is -2.32. The minimum Gasteiger partial charge on any atom is -0.478 e. The number of hydrogen-bond donors (Lipinski definition) is 2. The van der Waals surface area contributed by atoms with Gasteiger partial charge in [-0.15, -0.1) is 0 Å². The van der Waals surface area contributed by atoms with Crippen LogP contribution in [0.15, 0.2) is 23.7 Å². The summed E-state index contributed by atoms with van der Waals surface area (Å²) in [6.07, 6.45) is 1.72. The Bertz CT molecular complexity index is 632. The smallest absolute Gasteiger partial charge is 0.478 e. The van der Waals surface area contributed by atoms with Crippen LogP contribution < -0.4 is 0 Å². The van der Waals surface area contributed by atoms with Gasteiger partial charge >= 0.3 is 13.1 Å². The van der Waals surface area contributed by atoms with Crippen LogP contribution in [-0.4, -0.2) is 41.1 Å². The predicted molar refractivity (Wildman–Crippen MR) is 89.3 cm³/mol. The molecule has 0 unspecified atom stereocenters. The molecule has 1 fully saturated rings. The third kappa shape index (κ3) is 3.49. The number of aryl methyl sites for hydroxylation is 1. The highest BCUT2D eigenvalue weighted by molar-refractivity contribution is 6.55. The molecule has 1 saturated heterocycles. The first-order valence-electron chi connectivity index (χ1n) is 7.58. The zero-order chi connectivity index (χ0) is 17.4. The van der Waals surface area contributed by atoms with Gasteiger partial charge in [-0.05, 0) is 57.3 Å².